The maximum absolute atomic E-state index is 12.5. The van der Waals surface area contributed by atoms with Crippen LogP contribution in [0.4, 0.5) is 13.2 Å². The average Bonchev–Trinajstić information content (AvgIpc) is 2.49. The Balaban J connectivity index is 2.03. The first-order valence-electron chi connectivity index (χ1n) is 6.45. The van der Waals surface area contributed by atoms with Crippen LogP contribution in [-0.2, 0) is 11.0 Å². The van der Waals surface area contributed by atoms with Crippen molar-refractivity contribution in [2.24, 2.45) is 0 Å². The molecule has 0 spiro atoms. The van der Waals surface area contributed by atoms with Gasteiger partial charge in [-0.25, -0.2) is 0 Å². The number of ether oxygens (including phenoxy) is 1. The Labute approximate surface area is 130 Å². The van der Waals surface area contributed by atoms with E-state index in [9.17, 15) is 18.0 Å². The number of carbonyl (C=O) groups is 1. The molecule has 0 aromatic heterocycles. The summed E-state index contributed by atoms with van der Waals surface area (Å²) < 4.78 is 42.8. The van der Waals surface area contributed by atoms with Crippen LogP contribution in [0, 0.1) is 0 Å². The van der Waals surface area contributed by atoms with E-state index in [1.165, 1.54) is 23.9 Å². The normalized spacial score (nSPS) is 12.7. The summed E-state index contributed by atoms with van der Waals surface area (Å²) in [6.07, 6.45) is -4.14. The molecule has 0 heterocycles. The van der Waals surface area contributed by atoms with Crippen molar-refractivity contribution in [3.8, 4) is 5.75 Å². The third-order valence-corrected chi connectivity index (χ3v) is 3.77. The first kappa shape index (κ1) is 16.4. The van der Waals surface area contributed by atoms with Gasteiger partial charge in [0.05, 0.1) is 5.56 Å². The Morgan fingerprint density at radius 1 is 1.00 bits per heavy atom. The fourth-order valence-corrected chi connectivity index (χ4v) is 2.49. The van der Waals surface area contributed by atoms with Gasteiger partial charge in [-0.2, -0.15) is 13.2 Å². The number of rotatable bonds is 5. The van der Waals surface area contributed by atoms with Crippen LogP contribution < -0.4 is 4.74 Å². The summed E-state index contributed by atoms with van der Waals surface area (Å²) in [6, 6.07) is 12.0. The van der Waals surface area contributed by atoms with Crippen molar-refractivity contribution in [2.45, 2.75) is 29.0 Å². The van der Waals surface area contributed by atoms with Gasteiger partial charge in [0.25, 0.3) is 0 Å². The second kappa shape index (κ2) is 6.87. The highest BCUT2D eigenvalue weighted by atomic mass is 32.2. The Hall–Kier alpha value is -1.95. The molecule has 0 saturated heterocycles. The van der Waals surface area contributed by atoms with Crippen molar-refractivity contribution in [3.05, 3.63) is 54.1 Å². The van der Waals surface area contributed by atoms with E-state index >= 15 is 0 Å². The van der Waals surface area contributed by atoms with E-state index in [2.05, 4.69) is 0 Å². The predicted octanol–water partition coefficient (Wildman–Crippen LogP) is 4.82. The minimum atomic E-state index is -4.32. The maximum Gasteiger partial charge on any atom is 0.416 e. The molecule has 22 heavy (non-hydrogen) atoms. The van der Waals surface area contributed by atoms with E-state index in [0.29, 0.717) is 16.9 Å². The number of alkyl halides is 3. The highest BCUT2D eigenvalue weighted by Gasteiger charge is 2.29. The molecule has 2 nitrogen and oxygen atoms in total. The van der Waals surface area contributed by atoms with Crippen LogP contribution in [0.25, 0.3) is 0 Å². The van der Waals surface area contributed by atoms with Crippen LogP contribution in [0.5, 0.6) is 5.75 Å². The van der Waals surface area contributed by atoms with E-state index in [1.807, 2.05) is 0 Å². The van der Waals surface area contributed by atoms with Gasteiger partial charge in [0.2, 0.25) is 0 Å². The smallest absolute Gasteiger partial charge is 0.416 e. The number of benzene rings is 2. The summed E-state index contributed by atoms with van der Waals surface area (Å²) in [5.74, 6) is 0.566. The van der Waals surface area contributed by atoms with Crippen molar-refractivity contribution in [2.75, 3.05) is 0 Å². The second-order valence-electron chi connectivity index (χ2n) is 4.55. The van der Waals surface area contributed by atoms with Crippen LogP contribution in [0.2, 0.25) is 0 Å². The molecule has 2 rings (SSSR count). The number of hydrogen-bond donors (Lipinski definition) is 0. The van der Waals surface area contributed by atoms with E-state index in [-0.39, 0.29) is 0 Å². The van der Waals surface area contributed by atoms with Crippen LogP contribution in [0.1, 0.15) is 12.5 Å². The molecule has 6 heteroatoms. The predicted molar refractivity (Wildman–Crippen MR) is 78.2 cm³/mol. The first-order chi connectivity index (χ1) is 10.4. The molecule has 0 saturated carbocycles. The van der Waals surface area contributed by atoms with Crippen molar-refractivity contribution >= 4 is 18.0 Å². The molecule has 2 aromatic rings. The topological polar surface area (TPSA) is 26.3 Å². The minimum absolute atomic E-state index is 0.520. The number of carbonyl (C=O) groups excluding carboxylic acids is 1. The summed E-state index contributed by atoms with van der Waals surface area (Å²) in [4.78, 5) is 12.1. The molecular formula is C16H13F3O2S. The van der Waals surface area contributed by atoms with Crippen LogP contribution in [0.15, 0.2) is 58.3 Å². The van der Waals surface area contributed by atoms with Crippen molar-refractivity contribution < 1.29 is 22.7 Å². The Kier molecular flexibility index (Phi) is 5.13. The summed E-state index contributed by atoms with van der Waals surface area (Å²) in [7, 11) is 0. The third-order valence-electron chi connectivity index (χ3n) is 2.75. The molecule has 0 radical (unpaired) electrons. The molecule has 0 fully saturated rings. The zero-order chi connectivity index (χ0) is 16.2. The lowest BCUT2D eigenvalue weighted by atomic mass is 10.2. The molecule has 0 aliphatic rings. The zero-order valence-corrected chi connectivity index (χ0v) is 12.4. The molecule has 2 aromatic carbocycles. The fraction of sp³-hybridized carbons (Fsp3) is 0.188. The van der Waals surface area contributed by atoms with Gasteiger partial charge in [-0.05, 0) is 55.5 Å². The Bertz CT molecular complexity index is 621. The molecule has 0 aliphatic heterocycles. The third kappa shape index (κ3) is 4.53. The Morgan fingerprint density at radius 3 is 1.95 bits per heavy atom. The summed E-state index contributed by atoms with van der Waals surface area (Å²) in [6.45, 7) is 1.64. The first-order valence-corrected chi connectivity index (χ1v) is 7.27. The second-order valence-corrected chi connectivity index (χ2v) is 5.70. The van der Waals surface area contributed by atoms with E-state index < -0.39 is 17.8 Å². The maximum atomic E-state index is 12.5. The van der Waals surface area contributed by atoms with Crippen LogP contribution in [-0.4, -0.2) is 12.4 Å². The summed E-state index contributed by atoms with van der Waals surface area (Å²) >= 11 is 1.35. The van der Waals surface area contributed by atoms with Gasteiger partial charge in [0.1, 0.15) is 5.75 Å². The standard InChI is InChI=1S/C16H13F3O2S/c1-11(10-20)21-13-4-8-15(9-5-13)22-14-6-2-12(3-7-14)16(17,18)19/h2-11H,1H3. The lowest BCUT2D eigenvalue weighted by Crippen LogP contribution is -2.12. The fourth-order valence-electron chi connectivity index (χ4n) is 1.68. The number of hydrogen-bond acceptors (Lipinski definition) is 3. The van der Waals surface area contributed by atoms with Gasteiger partial charge in [-0.3, -0.25) is 4.79 Å². The number of aldehydes is 1. The van der Waals surface area contributed by atoms with E-state index in [0.717, 1.165) is 17.0 Å². The van der Waals surface area contributed by atoms with Crippen molar-refractivity contribution in [1.29, 1.82) is 0 Å². The molecule has 0 N–H and O–H groups in total. The van der Waals surface area contributed by atoms with Crippen LogP contribution >= 0.6 is 11.8 Å². The van der Waals surface area contributed by atoms with Gasteiger partial charge >= 0.3 is 6.18 Å². The minimum Gasteiger partial charge on any atom is -0.483 e. The SMILES string of the molecule is CC(C=O)Oc1ccc(Sc2ccc(C(F)(F)F)cc2)cc1. The molecule has 0 bridgehead atoms. The van der Waals surface area contributed by atoms with Gasteiger partial charge in [0, 0.05) is 9.79 Å². The lowest BCUT2D eigenvalue weighted by Gasteiger charge is -2.10. The van der Waals surface area contributed by atoms with Gasteiger partial charge in [-0.15, -0.1) is 0 Å². The summed E-state index contributed by atoms with van der Waals surface area (Å²) in [5.41, 5.74) is -0.663. The quantitative estimate of drug-likeness (QED) is 0.737. The largest absolute Gasteiger partial charge is 0.483 e. The monoisotopic (exact) mass is 326 g/mol. The Morgan fingerprint density at radius 2 is 1.50 bits per heavy atom. The van der Waals surface area contributed by atoms with Crippen molar-refractivity contribution in [3.63, 3.8) is 0 Å². The average molecular weight is 326 g/mol. The van der Waals surface area contributed by atoms with E-state index in [1.54, 1.807) is 31.2 Å². The molecule has 1 atom stereocenters. The highest BCUT2D eigenvalue weighted by Crippen LogP contribution is 2.33. The van der Waals surface area contributed by atoms with Gasteiger partial charge < -0.3 is 4.74 Å². The highest BCUT2D eigenvalue weighted by molar-refractivity contribution is 7.99. The summed E-state index contributed by atoms with van der Waals surface area (Å²) in [5, 5.41) is 0. The molecular weight excluding hydrogens is 313 g/mol. The zero-order valence-electron chi connectivity index (χ0n) is 11.6. The van der Waals surface area contributed by atoms with E-state index in [4.69, 9.17) is 4.74 Å². The van der Waals surface area contributed by atoms with Gasteiger partial charge in [-0.1, -0.05) is 11.8 Å². The molecule has 0 aliphatic carbocycles. The van der Waals surface area contributed by atoms with Crippen LogP contribution in [0.3, 0.4) is 0 Å². The molecule has 116 valence electrons. The van der Waals surface area contributed by atoms with Crippen molar-refractivity contribution in [1.82, 2.24) is 0 Å². The molecule has 1 unspecified atom stereocenters. The lowest BCUT2D eigenvalue weighted by molar-refractivity contribution is -0.137. The van der Waals surface area contributed by atoms with Gasteiger partial charge in [0.15, 0.2) is 12.4 Å². The number of halogens is 3. The molecule has 0 amide bonds.